The summed E-state index contributed by atoms with van der Waals surface area (Å²) in [6.07, 6.45) is 6.55. The number of amides is 2. The molecule has 1 aromatic heterocycles. The van der Waals surface area contributed by atoms with Gasteiger partial charge in [0.05, 0.1) is 23.9 Å². The molecule has 0 radical (unpaired) electrons. The lowest BCUT2D eigenvalue weighted by atomic mass is 9.88. The summed E-state index contributed by atoms with van der Waals surface area (Å²) >= 11 is 0. The van der Waals surface area contributed by atoms with Gasteiger partial charge >= 0.3 is 6.03 Å². The lowest BCUT2D eigenvalue weighted by Crippen LogP contribution is -2.52. The number of rotatable bonds is 4. The SMILES string of the molecule is O=C1NCC2(CCN(Cc3cn(CC4CCCO4)nn3)CC2)N1. The van der Waals surface area contributed by atoms with Crippen LogP contribution in [-0.2, 0) is 17.8 Å². The molecule has 0 saturated carbocycles. The Labute approximate surface area is 135 Å². The summed E-state index contributed by atoms with van der Waals surface area (Å²) < 4.78 is 7.54. The predicted octanol–water partition coefficient (Wildman–Crippen LogP) is 0.104. The largest absolute Gasteiger partial charge is 0.376 e. The standard InChI is InChI=1S/C15H24N6O2/c22-14-16-11-15(17-14)3-5-20(6-4-15)8-12-9-21(19-18-12)10-13-2-1-7-23-13/h9,13H,1-8,10-11H2,(H2,16,17,22). The Hall–Kier alpha value is -1.67. The van der Waals surface area contributed by atoms with Gasteiger partial charge in [-0.1, -0.05) is 5.21 Å². The van der Waals surface area contributed by atoms with Crippen LogP contribution in [-0.4, -0.2) is 63.8 Å². The molecular formula is C15H24N6O2. The quantitative estimate of drug-likeness (QED) is 0.822. The fraction of sp³-hybridized carbons (Fsp3) is 0.800. The first-order chi connectivity index (χ1) is 11.2. The van der Waals surface area contributed by atoms with E-state index in [1.807, 2.05) is 10.9 Å². The molecule has 8 heteroatoms. The third kappa shape index (κ3) is 3.32. The highest BCUT2D eigenvalue weighted by molar-refractivity contribution is 5.77. The highest BCUT2D eigenvalue weighted by atomic mass is 16.5. The maximum Gasteiger partial charge on any atom is 0.315 e. The fourth-order valence-electron chi connectivity index (χ4n) is 3.75. The zero-order valence-corrected chi connectivity index (χ0v) is 13.3. The Balaban J connectivity index is 1.28. The third-order valence-corrected chi connectivity index (χ3v) is 5.17. The van der Waals surface area contributed by atoms with Gasteiger partial charge in [-0.3, -0.25) is 4.90 Å². The van der Waals surface area contributed by atoms with E-state index in [4.69, 9.17) is 4.74 Å². The van der Waals surface area contributed by atoms with Crippen molar-refractivity contribution in [1.29, 1.82) is 0 Å². The van der Waals surface area contributed by atoms with Crippen LogP contribution < -0.4 is 10.6 Å². The number of nitrogens with zero attached hydrogens (tertiary/aromatic N) is 4. The Kier molecular flexibility index (Phi) is 3.94. The first-order valence-corrected chi connectivity index (χ1v) is 8.50. The van der Waals surface area contributed by atoms with Crippen LogP contribution in [0.25, 0.3) is 0 Å². The second-order valence-corrected chi connectivity index (χ2v) is 6.93. The summed E-state index contributed by atoms with van der Waals surface area (Å²) in [6, 6.07) is -0.0319. The number of nitrogens with one attached hydrogen (secondary N) is 2. The number of piperidine rings is 1. The molecule has 1 spiro atoms. The van der Waals surface area contributed by atoms with E-state index in [9.17, 15) is 4.79 Å². The first-order valence-electron chi connectivity index (χ1n) is 8.50. The minimum atomic E-state index is -0.0367. The molecule has 2 amide bonds. The lowest BCUT2D eigenvalue weighted by molar-refractivity contribution is 0.0935. The van der Waals surface area contributed by atoms with Crippen LogP contribution in [0.1, 0.15) is 31.4 Å². The number of carbonyl (C=O) groups is 1. The van der Waals surface area contributed by atoms with Crippen LogP contribution in [0.15, 0.2) is 6.20 Å². The molecule has 1 unspecified atom stereocenters. The summed E-state index contributed by atoms with van der Waals surface area (Å²) in [7, 11) is 0. The fourth-order valence-corrected chi connectivity index (χ4v) is 3.75. The van der Waals surface area contributed by atoms with Crippen molar-refractivity contribution in [2.24, 2.45) is 0 Å². The molecule has 3 aliphatic rings. The minimum Gasteiger partial charge on any atom is -0.376 e. The number of hydrogen-bond acceptors (Lipinski definition) is 5. The highest BCUT2D eigenvalue weighted by Crippen LogP contribution is 2.25. The molecular weight excluding hydrogens is 296 g/mol. The van der Waals surface area contributed by atoms with E-state index in [-0.39, 0.29) is 17.7 Å². The predicted molar refractivity (Wildman–Crippen MR) is 82.8 cm³/mol. The second-order valence-electron chi connectivity index (χ2n) is 6.93. The van der Waals surface area contributed by atoms with Crippen LogP contribution in [0.4, 0.5) is 4.79 Å². The van der Waals surface area contributed by atoms with Crippen molar-refractivity contribution >= 4 is 6.03 Å². The Morgan fingerprint density at radius 3 is 2.96 bits per heavy atom. The van der Waals surface area contributed by atoms with Gasteiger partial charge in [-0.05, 0) is 25.7 Å². The van der Waals surface area contributed by atoms with E-state index in [2.05, 4.69) is 25.8 Å². The van der Waals surface area contributed by atoms with E-state index >= 15 is 0 Å². The number of urea groups is 1. The Bertz CT molecular complexity index is 560. The van der Waals surface area contributed by atoms with Gasteiger partial charge in [0.25, 0.3) is 0 Å². The van der Waals surface area contributed by atoms with Gasteiger partial charge in [-0.15, -0.1) is 5.10 Å². The number of aromatic nitrogens is 3. The molecule has 8 nitrogen and oxygen atoms in total. The van der Waals surface area contributed by atoms with Crippen LogP contribution in [0.5, 0.6) is 0 Å². The molecule has 3 aliphatic heterocycles. The smallest absolute Gasteiger partial charge is 0.315 e. The number of ether oxygens (including phenoxy) is 1. The minimum absolute atomic E-state index is 0.0319. The normalized spacial score (nSPS) is 27.3. The first kappa shape index (κ1) is 14.9. The van der Waals surface area contributed by atoms with Crippen LogP contribution >= 0.6 is 0 Å². The van der Waals surface area contributed by atoms with E-state index in [0.29, 0.717) is 0 Å². The molecule has 1 atom stereocenters. The zero-order chi connectivity index (χ0) is 15.7. The zero-order valence-electron chi connectivity index (χ0n) is 13.3. The molecule has 23 heavy (non-hydrogen) atoms. The molecule has 3 saturated heterocycles. The van der Waals surface area contributed by atoms with E-state index < -0.39 is 0 Å². The molecule has 0 bridgehead atoms. The molecule has 4 rings (SSSR count). The Morgan fingerprint density at radius 1 is 1.39 bits per heavy atom. The maximum atomic E-state index is 11.4. The number of hydrogen-bond donors (Lipinski definition) is 2. The van der Waals surface area contributed by atoms with E-state index in [1.54, 1.807) is 0 Å². The van der Waals surface area contributed by atoms with E-state index in [1.165, 1.54) is 0 Å². The molecule has 126 valence electrons. The van der Waals surface area contributed by atoms with Gasteiger partial charge in [0.2, 0.25) is 0 Å². The molecule has 2 N–H and O–H groups in total. The van der Waals surface area contributed by atoms with Crippen LogP contribution in [0.3, 0.4) is 0 Å². The topological polar surface area (TPSA) is 84.3 Å². The lowest BCUT2D eigenvalue weighted by Gasteiger charge is -2.38. The Morgan fingerprint density at radius 2 is 2.26 bits per heavy atom. The van der Waals surface area contributed by atoms with Crippen LogP contribution in [0, 0.1) is 0 Å². The summed E-state index contributed by atoms with van der Waals surface area (Å²) in [5, 5.41) is 14.5. The van der Waals surface area contributed by atoms with Crippen molar-refractivity contribution in [1.82, 2.24) is 30.5 Å². The molecule has 0 aromatic carbocycles. The van der Waals surface area contributed by atoms with Gasteiger partial charge in [-0.2, -0.15) is 0 Å². The van der Waals surface area contributed by atoms with Crippen molar-refractivity contribution in [3.05, 3.63) is 11.9 Å². The molecule has 0 aliphatic carbocycles. The average Bonchev–Trinajstić information content (AvgIpc) is 3.26. The summed E-state index contributed by atoms with van der Waals surface area (Å²) in [4.78, 5) is 13.8. The average molecular weight is 320 g/mol. The van der Waals surface area contributed by atoms with Gasteiger partial charge in [-0.25, -0.2) is 9.48 Å². The molecule has 3 fully saturated rings. The highest BCUT2D eigenvalue weighted by Gasteiger charge is 2.40. The van der Waals surface area contributed by atoms with Crippen molar-refractivity contribution in [3.63, 3.8) is 0 Å². The van der Waals surface area contributed by atoms with Crippen molar-refractivity contribution < 1.29 is 9.53 Å². The molecule has 4 heterocycles. The summed E-state index contributed by atoms with van der Waals surface area (Å²) in [6.45, 7) is 5.18. The van der Waals surface area contributed by atoms with Crippen molar-refractivity contribution in [2.45, 2.75) is 50.4 Å². The summed E-state index contributed by atoms with van der Waals surface area (Å²) in [5.74, 6) is 0. The van der Waals surface area contributed by atoms with E-state index in [0.717, 1.165) is 70.7 Å². The number of carbonyl (C=O) groups excluding carboxylic acids is 1. The van der Waals surface area contributed by atoms with Crippen molar-refractivity contribution in [3.8, 4) is 0 Å². The monoisotopic (exact) mass is 320 g/mol. The van der Waals surface area contributed by atoms with Gasteiger partial charge in [0, 0.05) is 39.0 Å². The van der Waals surface area contributed by atoms with Gasteiger partial charge < -0.3 is 15.4 Å². The van der Waals surface area contributed by atoms with Gasteiger partial charge in [0.1, 0.15) is 0 Å². The van der Waals surface area contributed by atoms with Crippen LogP contribution in [0.2, 0.25) is 0 Å². The third-order valence-electron chi connectivity index (χ3n) is 5.17. The second kappa shape index (κ2) is 6.09. The van der Waals surface area contributed by atoms with Gasteiger partial charge in [0.15, 0.2) is 0 Å². The maximum absolute atomic E-state index is 11.4. The number of likely N-dealkylation sites (tertiary alicyclic amines) is 1. The van der Waals surface area contributed by atoms with Crippen molar-refractivity contribution in [2.75, 3.05) is 26.2 Å². The summed E-state index contributed by atoms with van der Waals surface area (Å²) in [5.41, 5.74) is 0.970. The molecule has 1 aromatic rings.